The first-order valence-corrected chi connectivity index (χ1v) is 7.38. The van der Waals surface area contributed by atoms with Gasteiger partial charge in [0.25, 0.3) is 5.69 Å². The van der Waals surface area contributed by atoms with Gasteiger partial charge in [0.2, 0.25) is 0 Å². The number of nitro benzene ring substituents is 1. The van der Waals surface area contributed by atoms with Crippen LogP contribution in [0.25, 0.3) is 0 Å². The van der Waals surface area contributed by atoms with Crippen molar-refractivity contribution in [1.29, 1.82) is 0 Å². The maximum Gasteiger partial charge on any atom is 0.270 e. The topological polar surface area (TPSA) is 64.4 Å². The molecule has 5 nitrogen and oxygen atoms in total. The summed E-state index contributed by atoms with van der Waals surface area (Å²) in [6.45, 7) is 10.4. The zero-order chi connectivity index (χ0) is 16.0. The van der Waals surface area contributed by atoms with E-state index in [4.69, 9.17) is 4.74 Å². The molecule has 1 aromatic carbocycles. The normalized spacial score (nSPS) is 11.4. The van der Waals surface area contributed by atoms with Crippen LogP contribution in [0.5, 0.6) is 5.75 Å². The molecular weight excluding hydrogens is 268 g/mol. The summed E-state index contributed by atoms with van der Waals surface area (Å²) in [4.78, 5) is 10.5. The molecule has 1 aromatic rings. The van der Waals surface area contributed by atoms with Crippen molar-refractivity contribution in [1.82, 2.24) is 5.32 Å². The molecule has 0 spiro atoms. The number of benzene rings is 1. The Morgan fingerprint density at radius 2 is 1.86 bits per heavy atom. The second kappa shape index (κ2) is 7.98. The fourth-order valence-electron chi connectivity index (χ4n) is 2.63. The minimum Gasteiger partial charge on any atom is -0.496 e. The van der Waals surface area contributed by atoms with E-state index in [2.05, 4.69) is 33.0 Å². The Kier molecular flexibility index (Phi) is 6.62. The molecule has 1 N–H and O–H groups in total. The van der Waals surface area contributed by atoms with Gasteiger partial charge in [0.1, 0.15) is 5.75 Å². The van der Waals surface area contributed by atoms with Gasteiger partial charge in [-0.1, -0.05) is 27.7 Å². The summed E-state index contributed by atoms with van der Waals surface area (Å²) in [5.74, 6) is 2.46. The Balaban J connectivity index is 2.73. The fraction of sp³-hybridized carbons (Fsp3) is 0.625. The van der Waals surface area contributed by atoms with E-state index in [-0.39, 0.29) is 10.6 Å². The first kappa shape index (κ1) is 17.4. The predicted molar refractivity (Wildman–Crippen MR) is 84.5 cm³/mol. The third-order valence-electron chi connectivity index (χ3n) is 3.88. The molecule has 0 aliphatic rings. The second-order valence-corrected chi connectivity index (χ2v) is 6.04. The quantitative estimate of drug-likeness (QED) is 0.587. The third kappa shape index (κ3) is 5.01. The largest absolute Gasteiger partial charge is 0.496 e. The summed E-state index contributed by atoms with van der Waals surface area (Å²) in [5, 5.41) is 14.3. The van der Waals surface area contributed by atoms with Gasteiger partial charge in [0, 0.05) is 24.2 Å². The predicted octanol–water partition coefficient (Wildman–Crippen LogP) is 3.62. The van der Waals surface area contributed by atoms with E-state index >= 15 is 0 Å². The van der Waals surface area contributed by atoms with Crippen LogP contribution in [0.2, 0.25) is 0 Å². The second-order valence-electron chi connectivity index (χ2n) is 6.04. The summed E-state index contributed by atoms with van der Waals surface area (Å²) in [6.07, 6.45) is 0. The maximum atomic E-state index is 10.9. The van der Waals surface area contributed by atoms with Gasteiger partial charge in [-0.25, -0.2) is 0 Å². The SMILES string of the molecule is COc1ccc([N+](=O)[O-])cc1CNCC(C(C)C)C(C)C. The van der Waals surface area contributed by atoms with Crippen molar-refractivity contribution in [3.8, 4) is 5.75 Å². The minimum absolute atomic E-state index is 0.0943. The van der Waals surface area contributed by atoms with Crippen molar-refractivity contribution in [3.63, 3.8) is 0 Å². The van der Waals surface area contributed by atoms with Gasteiger partial charge in [-0.15, -0.1) is 0 Å². The molecule has 0 saturated heterocycles. The molecule has 0 aliphatic carbocycles. The Hall–Kier alpha value is -1.62. The van der Waals surface area contributed by atoms with Gasteiger partial charge in [0.15, 0.2) is 0 Å². The van der Waals surface area contributed by atoms with Gasteiger partial charge < -0.3 is 10.1 Å². The van der Waals surface area contributed by atoms with E-state index in [1.54, 1.807) is 19.2 Å². The molecule has 118 valence electrons. The molecule has 0 aliphatic heterocycles. The van der Waals surface area contributed by atoms with Crippen LogP contribution in [-0.2, 0) is 6.54 Å². The number of non-ortho nitro benzene ring substituents is 1. The molecule has 0 aromatic heterocycles. The highest BCUT2D eigenvalue weighted by Gasteiger charge is 2.17. The van der Waals surface area contributed by atoms with Gasteiger partial charge in [-0.05, 0) is 30.4 Å². The number of hydrogen-bond donors (Lipinski definition) is 1. The molecule has 21 heavy (non-hydrogen) atoms. The highest BCUT2D eigenvalue weighted by Crippen LogP contribution is 2.24. The standard InChI is InChI=1S/C16H26N2O3/c1-11(2)15(12(3)4)10-17-9-13-8-14(18(19)20)6-7-16(13)21-5/h6-8,11-12,15,17H,9-10H2,1-5H3. The van der Waals surface area contributed by atoms with Crippen LogP contribution < -0.4 is 10.1 Å². The lowest BCUT2D eigenvalue weighted by molar-refractivity contribution is -0.384. The van der Waals surface area contributed by atoms with Gasteiger partial charge in [-0.2, -0.15) is 0 Å². The first-order valence-electron chi connectivity index (χ1n) is 7.38. The van der Waals surface area contributed by atoms with E-state index in [0.717, 1.165) is 12.1 Å². The van der Waals surface area contributed by atoms with Crippen molar-refractivity contribution < 1.29 is 9.66 Å². The van der Waals surface area contributed by atoms with E-state index in [0.29, 0.717) is 30.0 Å². The van der Waals surface area contributed by atoms with Crippen LogP contribution >= 0.6 is 0 Å². The minimum atomic E-state index is -0.381. The molecule has 0 unspecified atom stereocenters. The Morgan fingerprint density at radius 1 is 1.24 bits per heavy atom. The van der Waals surface area contributed by atoms with Gasteiger partial charge in [0.05, 0.1) is 12.0 Å². The molecule has 0 bridgehead atoms. The van der Waals surface area contributed by atoms with Gasteiger partial charge >= 0.3 is 0 Å². The summed E-state index contributed by atoms with van der Waals surface area (Å²) >= 11 is 0. The molecule has 0 fully saturated rings. The van der Waals surface area contributed by atoms with Gasteiger partial charge in [-0.3, -0.25) is 10.1 Å². The average molecular weight is 294 g/mol. The Bertz CT molecular complexity index is 465. The molecular formula is C16H26N2O3. The molecule has 0 saturated carbocycles. The lowest BCUT2D eigenvalue weighted by atomic mass is 9.85. The maximum absolute atomic E-state index is 10.9. The van der Waals surface area contributed by atoms with Crippen molar-refractivity contribution in [2.24, 2.45) is 17.8 Å². The lowest BCUT2D eigenvalue weighted by Gasteiger charge is -2.25. The molecule has 0 heterocycles. The van der Waals surface area contributed by atoms with Crippen molar-refractivity contribution in [2.75, 3.05) is 13.7 Å². The number of ether oxygens (including phenoxy) is 1. The molecule has 0 amide bonds. The molecule has 1 rings (SSSR count). The Morgan fingerprint density at radius 3 is 2.33 bits per heavy atom. The molecule has 0 radical (unpaired) electrons. The van der Waals surface area contributed by atoms with Crippen molar-refractivity contribution >= 4 is 5.69 Å². The third-order valence-corrected chi connectivity index (χ3v) is 3.88. The van der Waals surface area contributed by atoms with E-state index in [1.165, 1.54) is 6.07 Å². The number of nitro groups is 1. The zero-order valence-corrected chi connectivity index (χ0v) is 13.6. The van der Waals surface area contributed by atoms with Crippen LogP contribution in [0.1, 0.15) is 33.3 Å². The van der Waals surface area contributed by atoms with Crippen LogP contribution in [-0.4, -0.2) is 18.6 Å². The summed E-state index contributed by atoms with van der Waals surface area (Å²) in [7, 11) is 1.58. The number of methoxy groups -OCH3 is 1. The van der Waals surface area contributed by atoms with Crippen molar-refractivity contribution in [3.05, 3.63) is 33.9 Å². The number of hydrogen-bond acceptors (Lipinski definition) is 4. The van der Waals surface area contributed by atoms with E-state index in [1.807, 2.05) is 0 Å². The lowest BCUT2D eigenvalue weighted by Crippen LogP contribution is -2.29. The fourth-order valence-corrected chi connectivity index (χ4v) is 2.63. The van der Waals surface area contributed by atoms with E-state index in [9.17, 15) is 10.1 Å². The zero-order valence-electron chi connectivity index (χ0n) is 13.6. The van der Waals surface area contributed by atoms with Crippen LogP contribution in [0.3, 0.4) is 0 Å². The molecule has 0 atom stereocenters. The Labute approximate surface area is 126 Å². The summed E-state index contributed by atoms with van der Waals surface area (Å²) < 4.78 is 5.27. The summed E-state index contributed by atoms with van der Waals surface area (Å²) in [5.41, 5.74) is 0.912. The van der Waals surface area contributed by atoms with E-state index < -0.39 is 0 Å². The monoisotopic (exact) mass is 294 g/mol. The van der Waals surface area contributed by atoms with Crippen LogP contribution in [0, 0.1) is 27.9 Å². The number of rotatable bonds is 8. The highest BCUT2D eigenvalue weighted by molar-refractivity contribution is 5.43. The van der Waals surface area contributed by atoms with Crippen LogP contribution in [0.4, 0.5) is 5.69 Å². The van der Waals surface area contributed by atoms with Crippen LogP contribution in [0.15, 0.2) is 18.2 Å². The number of nitrogens with zero attached hydrogens (tertiary/aromatic N) is 1. The number of nitrogens with one attached hydrogen (secondary N) is 1. The highest BCUT2D eigenvalue weighted by atomic mass is 16.6. The average Bonchev–Trinajstić information content (AvgIpc) is 2.42. The summed E-state index contributed by atoms with van der Waals surface area (Å²) in [6, 6.07) is 4.69. The first-order chi connectivity index (χ1) is 9.86. The molecule has 5 heteroatoms. The van der Waals surface area contributed by atoms with Crippen molar-refractivity contribution in [2.45, 2.75) is 34.2 Å². The smallest absolute Gasteiger partial charge is 0.270 e.